The van der Waals surface area contributed by atoms with Gasteiger partial charge in [0.2, 0.25) is 0 Å². The van der Waals surface area contributed by atoms with Gasteiger partial charge in [-0.3, -0.25) is 4.98 Å². The van der Waals surface area contributed by atoms with Crippen LogP contribution >= 0.6 is 11.8 Å². The molecule has 3 rings (SSSR count). The number of nitrogens with one attached hydrogen (secondary N) is 2. The van der Waals surface area contributed by atoms with E-state index < -0.39 is 0 Å². The second-order valence-corrected chi connectivity index (χ2v) is 7.11. The molecule has 1 aliphatic rings. The Morgan fingerprint density at radius 2 is 2.22 bits per heavy atom. The maximum atomic E-state index is 4.74. The van der Waals surface area contributed by atoms with Crippen molar-refractivity contribution in [3.05, 3.63) is 42.1 Å². The molecule has 1 aromatic heterocycles. The lowest BCUT2D eigenvalue weighted by Gasteiger charge is -2.14. The van der Waals surface area contributed by atoms with E-state index in [1.807, 2.05) is 12.3 Å². The largest absolute Gasteiger partial charge is 0.357 e. The fourth-order valence-electron chi connectivity index (χ4n) is 2.82. The average Bonchev–Trinajstić information content (AvgIpc) is 3.11. The SMILES string of the molecule is CCNC(=NCc1cccc2cccnc12)NCC1CCCS1. The number of fused-ring (bicyclic) bond motifs is 1. The highest BCUT2D eigenvalue weighted by molar-refractivity contribution is 8.00. The molecule has 0 spiro atoms. The van der Waals surface area contributed by atoms with Crippen molar-refractivity contribution >= 4 is 28.6 Å². The minimum Gasteiger partial charge on any atom is -0.357 e. The number of thioether (sulfide) groups is 1. The van der Waals surface area contributed by atoms with Crippen LogP contribution in [0.3, 0.4) is 0 Å². The number of para-hydroxylation sites is 1. The topological polar surface area (TPSA) is 49.3 Å². The first kappa shape index (κ1) is 16.1. The molecular formula is C18H24N4S. The van der Waals surface area contributed by atoms with E-state index in [4.69, 9.17) is 4.99 Å². The Morgan fingerprint density at radius 3 is 3.04 bits per heavy atom. The van der Waals surface area contributed by atoms with Crippen molar-refractivity contribution in [2.24, 2.45) is 4.99 Å². The molecule has 1 atom stereocenters. The van der Waals surface area contributed by atoms with Crippen molar-refractivity contribution < 1.29 is 0 Å². The van der Waals surface area contributed by atoms with Gasteiger partial charge in [-0.1, -0.05) is 24.3 Å². The lowest BCUT2D eigenvalue weighted by atomic mass is 10.1. The second-order valence-electron chi connectivity index (χ2n) is 5.70. The fraction of sp³-hybridized carbons (Fsp3) is 0.444. The third-order valence-corrected chi connectivity index (χ3v) is 5.39. The zero-order valence-electron chi connectivity index (χ0n) is 13.6. The first-order valence-corrected chi connectivity index (χ1v) is 9.38. The van der Waals surface area contributed by atoms with Crippen molar-refractivity contribution in [2.75, 3.05) is 18.8 Å². The van der Waals surface area contributed by atoms with Gasteiger partial charge in [0.1, 0.15) is 0 Å². The molecule has 2 aromatic rings. The number of benzene rings is 1. The monoisotopic (exact) mass is 328 g/mol. The van der Waals surface area contributed by atoms with Gasteiger partial charge in [0.15, 0.2) is 5.96 Å². The van der Waals surface area contributed by atoms with Gasteiger partial charge in [0, 0.05) is 29.9 Å². The predicted molar refractivity (Wildman–Crippen MR) is 100 cm³/mol. The molecule has 4 nitrogen and oxygen atoms in total. The van der Waals surface area contributed by atoms with Gasteiger partial charge in [0.25, 0.3) is 0 Å². The second kappa shape index (κ2) is 8.20. The quantitative estimate of drug-likeness (QED) is 0.654. The molecule has 0 amide bonds. The molecule has 2 heterocycles. The third kappa shape index (κ3) is 4.38. The van der Waals surface area contributed by atoms with Crippen molar-refractivity contribution in [3.8, 4) is 0 Å². The summed E-state index contributed by atoms with van der Waals surface area (Å²) in [5, 5.41) is 8.70. The number of pyridine rings is 1. The van der Waals surface area contributed by atoms with Gasteiger partial charge in [-0.15, -0.1) is 0 Å². The first-order chi connectivity index (χ1) is 11.4. The summed E-state index contributed by atoms with van der Waals surface area (Å²) >= 11 is 2.06. The van der Waals surface area contributed by atoms with Gasteiger partial charge in [-0.05, 0) is 37.1 Å². The van der Waals surface area contributed by atoms with Crippen molar-refractivity contribution in [1.29, 1.82) is 0 Å². The number of hydrogen-bond acceptors (Lipinski definition) is 3. The van der Waals surface area contributed by atoms with Crippen molar-refractivity contribution in [2.45, 2.75) is 31.6 Å². The van der Waals surface area contributed by atoms with Gasteiger partial charge in [-0.2, -0.15) is 11.8 Å². The number of hydrogen-bond donors (Lipinski definition) is 2. The summed E-state index contributed by atoms with van der Waals surface area (Å²) in [5.41, 5.74) is 2.21. The number of aliphatic imine (C=N–C) groups is 1. The van der Waals surface area contributed by atoms with Crippen LogP contribution in [0.1, 0.15) is 25.3 Å². The Hall–Kier alpha value is -1.75. The predicted octanol–water partition coefficient (Wildman–Crippen LogP) is 3.19. The lowest BCUT2D eigenvalue weighted by molar-refractivity contribution is 0.727. The van der Waals surface area contributed by atoms with Crippen LogP contribution in [0.15, 0.2) is 41.5 Å². The molecule has 0 bridgehead atoms. The van der Waals surface area contributed by atoms with E-state index >= 15 is 0 Å². The van der Waals surface area contributed by atoms with E-state index in [1.54, 1.807) is 0 Å². The summed E-state index contributed by atoms with van der Waals surface area (Å²) in [6, 6.07) is 10.3. The first-order valence-electron chi connectivity index (χ1n) is 8.33. The molecule has 1 unspecified atom stereocenters. The number of aromatic nitrogens is 1. The van der Waals surface area contributed by atoms with Crippen molar-refractivity contribution in [3.63, 3.8) is 0 Å². The molecule has 1 fully saturated rings. The summed E-state index contributed by atoms with van der Waals surface area (Å²) in [6.07, 6.45) is 4.49. The minimum atomic E-state index is 0.640. The van der Waals surface area contributed by atoms with Crippen molar-refractivity contribution in [1.82, 2.24) is 15.6 Å². The van der Waals surface area contributed by atoms with Crippen LogP contribution in [-0.4, -0.2) is 35.0 Å². The molecule has 0 saturated carbocycles. The van der Waals surface area contributed by atoms with Gasteiger partial charge >= 0.3 is 0 Å². The normalized spacial score (nSPS) is 18.3. The third-order valence-electron chi connectivity index (χ3n) is 3.99. The maximum Gasteiger partial charge on any atom is 0.191 e. The number of guanidine groups is 1. The van der Waals surface area contributed by atoms with Crippen LogP contribution in [0, 0.1) is 0 Å². The van der Waals surface area contributed by atoms with Gasteiger partial charge < -0.3 is 10.6 Å². The number of rotatable bonds is 5. The van der Waals surface area contributed by atoms with Gasteiger partial charge in [0.05, 0.1) is 12.1 Å². The minimum absolute atomic E-state index is 0.640. The Labute approximate surface area is 142 Å². The molecule has 1 aromatic carbocycles. The van der Waals surface area contributed by atoms with E-state index in [9.17, 15) is 0 Å². The van der Waals surface area contributed by atoms with E-state index in [-0.39, 0.29) is 0 Å². The van der Waals surface area contributed by atoms with Crippen LogP contribution in [0.25, 0.3) is 10.9 Å². The Balaban J connectivity index is 1.68. The Morgan fingerprint density at radius 1 is 1.30 bits per heavy atom. The van der Waals surface area contributed by atoms with E-state index in [2.05, 4.69) is 58.6 Å². The van der Waals surface area contributed by atoms with E-state index in [0.29, 0.717) is 6.54 Å². The highest BCUT2D eigenvalue weighted by Gasteiger charge is 2.15. The summed E-state index contributed by atoms with van der Waals surface area (Å²) in [4.78, 5) is 9.24. The van der Waals surface area contributed by atoms with Crippen LogP contribution in [0.4, 0.5) is 0 Å². The molecule has 2 N–H and O–H groups in total. The highest BCUT2D eigenvalue weighted by Crippen LogP contribution is 2.25. The summed E-state index contributed by atoms with van der Waals surface area (Å²) in [7, 11) is 0. The molecule has 122 valence electrons. The zero-order chi connectivity index (χ0) is 15.9. The Bertz CT molecular complexity index is 660. The highest BCUT2D eigenvalue weighted by atomic mass is 32.2. The summed E-state index contributed by atoms with van der Waals surface area (Å²) in [6.45, 7) is 4.60. The van der Waals surface area contributed by atoms with Crippen LogP contribution in [0.2, 0.25) is 0 Å². The smallest absolute Gasteiger partial charge is 0.191 e. The summed E-state index contributed by atoms with van der Waals surface area (Å²) in [5.74, 6) is 2.19. The van der Waals surface area contributed by atoms with Gasteiger partial charge in [-0.25, -0.2) is 4.99 Å². The maximum absolute atomic E-state index is 4.74. The average molecular weight is 328 g/mol. The molecular weight excluding hydrogens is 304 g/mol. The zero-order valence-corrected chi connectivity index (χ0v) is 14.4. The van der Waals surface area contributed by atoms with Crippen LogP contribution in [0.5, 0.6) is 0 Å². The molecule has 0 aliphatic carbocycles. The van der Waals surface area contributed by atoms with E-state index in [1.165, 1.54) is 24.0 Å². The van der Waals surface area contributed by atoms with Crippen LogP contribution < -0.4 is 10.6 Å². The van der Waals surface area contributed by atoms with Crippen LogP contribution in [-0.2, 0) is 6.54 Å². The molecule has 1 aliphatic heterocycles. The van der Waals surface area contributed by atoms with E-state index in [0.717, 1.165) is 35.4 Å². The number of nitrogens with zero attached hydrogens (tertiary/aromatic N) is 2. The molecule has 0 radical (unpaired) electrons. The fourth-order valence-corrected chi connectivity index (χ4v) is 4.02. The molecule has 1 saturated heterocycles. The molecule has 23 heavy (non-hydrogen) atoms. The summed E-state index contributed by atoms with van der Waals surface area (Å²) < 4.78 is 0. The lowest BCUT2D eigenvalue weighted by Crippen LogP contribution is -2.40. The standard InChI is InChI=1S/C18H24N4S/c1-2-19-18(22-13-16-9-5-11-23-16)21-12-15-7-3-6-14-8-4-10-20-17(14)15/h3-4,6-8,10,16H,2,5,9,11-13H2,1H3,(H2,19,21,22). The molecule has 5 heteroatoms. The Kier molecular flexibility index (Phi) is 5.75.